The minimum atomic E-state index is 0.326. The summed E-state index contributed by atoms with van der Waals surface area (Å²) in [4.78, 5) is 0. The van der Waals surface area contributed by atoms with Crippen LogP contribution in [0.4, 0.5) is 0 Å². The average Bonchev–Trinajstić information content (AvgIpc) is 2.56. The Balaban J connectivity index is 2.04. The summed E-state index contributed by atoms with van der Waals surface area (Å²) in [6.07, 6.45) is 2.16. The zero-order valence-electron chi connectivity index (χ0n) is 12.7. The first-order valence-electron chi connectivity index (χ1n) is 7.27. The van der Waals surface area contributed by atoms with Crippen LogP contribution in [-0.4, -0.2) is 7.11 Å². The molecule has 0 bridgehead atoms. The Kier molecular flexibility index (Phi) is 4.49. The molecule has 0 saturated heterocycles. The number of nitrogens with zero attached hydrogens (tertiary/aromatic N) is 1. The molecule has 4 heteroatoms. The summed E-state index contributed by atoms with van der Waals surface area (Å²) < 4.78 is 6.07. The second kappa shape index (κ2) is 6.71. The molecule has 0 amide bonds. The Morgan fingerprint density at radius 3 is 2.35 bits per heavy atom. The van der Waals surface area contributed by atoms with Crippen LogP contribution in [0.25, 0.3) is 11.1 Å². The Hall–Kier alpha value is -2.52. The van der Waals surface area contributed by atoms with Crippen molar-refractivity contribution in [1.29, 1.82) is 0 Å². The molecule has 0 radical (unpaired) electrons. The Morgan fingerprint density at radius 2 is 1.70 bits per heavy atom. The summed E-state index contributed by atoms with van der Waals surface area (Å²) >= 11 is 5.93. The maximum Gasteiger partial charge on any atom is 0.382 e. The predicted octanol–water partition coefficient (Wildman–Crippen LogP) is 4.24. The van der Waals surface area contributed by atoms with E-state index in [-0.39, 0.29) is 0 Å². The van der Waals surface area contributed by atoms with Gasteiger partial charge in [-0.25, -0.2) is 0 Å². The summed E-state index contributed by atoms with van der Waals surface area (Å²) in [5, 5.41) is 13.0. The van der Waals surface area contributed by atoms with E-state index in [1.54, 1.807) is 0 Å². The average molecular weight is 326 g/mol. The molecular weight excluding hydrogens is 310 g/mol. The number of ether oxygens (including phenoxy) is 1. The molecule has 0 aliphatic carbocycles. The number of pyridine rings is 1. The van der Waals surface area contributed by atoms with Gasteiger partial charge in [-0.3, -0.25) is 0 Å². The summed E-state index contributed by atoms with van der Waals surface area (Å²) in [6, 6.07) is 19.4. The van der Waals surface area contributed by atoms with Crippen molar-refractivity contribution in [3.05, 3.63) is 88.2 Å². The lowest BCUT2D eigenvalue weighted by atomic mass is 10.0. The van der Waals surface area contributed by atoms with Crippen LogP contribution in [0.15, 0.2) is 66.9 Å². The van der Waals surface area contributed by atoms with Gasteiger partial charge in [-0.1, -0.05) is 54.1 Å². The highest BCUT2D eigenvalue weighted by atomic mass is 35.5. The molecule has 0 atom stereocenters. The molecule has 2 aromatic carbocycles. The first-order valence-corrected chi connectivity index (χ1v) is 7.65. The van der Waals surface area contributed by atoms with Crippen molar-refractivity contribution in [2.75, 3.05) is 7.11 Å². The van der Waals surface area contributed by atoms with Gasteiger partial charge >= 0.3 is 5.88 Å². The molecule has 116 valence electrons. The number of benzene rings is 2. The van der Waals surface area contributed by atoms with Gasteiger partial charge in [0.2, 0.25) is 0 Å². The van der Waals surface area contributed by atoms with Crippen LogP contribution in [0.1, 0.15) is 11.1 Å². The van der Waals surface area contributed by atoms with Crippen molar-refractivity contribution < 1.29 is 9.47 Å². The van der Waals surface area contributed by atoms with E-state index in [4.69, 9.17) is 16.3 Å². The van der Waals surface area contributed by atoms with E-state index in [1.165, 1.54) is 13.3 Å². The van der Waals surface area contributed by atoms with Gasteiger partial charge < -0.3 is 9.94 Å². The number of methoxy groups -OCH3 is 1. The van der Waals surface area contributed by atoms with E-state index in [0.717, 1.165) is 27.0 Å². The second-order valence-electron chi connectivity index (χ2n) is 5.26. The monoisotopic (exact) mass is 325 g/mol. The lowest BCUT2D eigenvalue weighted by Crippen LogP contribution is -2.29. The van der Waals surface area contributed by atoms with Crippen LogP contribution in [0, 0.1) is 5.21 Å². The largest absolute Gasteiger partial charge is 0.616 e. The molecule has 0 aliphatic rings. The maximum absolute atomic E-state index is 12.3. The third-order valence-electron chi connectivity index (χ3n) is 3.67. The van der Waals surface area contributed by atoms with Gasteiger partial charge in [0.05, 0.1) is 12.7 Å². The van der Waals surface area contributed by atoms with Crippen LogP contribution in [-0.2, 0) is 6.42 Å². The van der Waals surface area contributed by atoms with Crippen molar-refractivity contribution in [3.8, 4) is 17.0 Å². The van der Waals surface area contributed by atoms with Crippen molar-refractivity contribution in [2.24, 2.45) is 0 Å². The first kappa shape index (κ1) is 15.4. The van der Waals surface area contributed by atoms with Crippen molar-refractivity contribution in [1.82, 2.24) is 0 Å². The number of halogens is 1. The molecule has 0 unspecified atom stereocenters. The molecule has 23 heavy (non-hydrogen) atoms. The van der Waals surface area contributed by atoms with E-state index in [2.05, 4.69) is 0 Å². The molecule has 0 fully saturated rings. The minimum absolute atomic E-state index is 0.326. The number of rotatable bonds is 4. The lowest BCUT2D eigenvalue weighted by molar-refractivity contribution is -0.612. The van der Waals surface area contributed by atoms with Crippen LogP contribution in [0.5, 0.6) is 5.88 Å². The summed E-state index contributed by atoms with van der Waals surface area (Å²) in [5.41, 5.74) is 3.75. The smallest absolute Gasteiger partial charge is 0.382 e. The van der Waals surface area contributed by atoms with Gasteiger partial charge in [-0.05, 0) is 29.3 Å². The number of aromatic nitrogens is 1. The van der Waals surface area contributed by atoms with Crippen molar-refractivity contribution >= 4 is 11.6 Å². The Bertz CT molecular complexity index is 802. The van der Waals surface area contributed by atoms with Crippen LogP contribution in [0.3, 0.4) is 0 Å². The normalized spacial score (nSPS) is 10.5. The van der Waals surface area contributed by atoms with E-state index in [9.17, 15) is 5.21 Å². The fraction of sp³-hybridized carbons (Fsp3) is 0.105. The van der Waals surface area contributed by atoms with Crippen LogP contribution < -0.4 is 9.47 Å². The van der Waals surface area contributed by atoms with Crippen LogP contribution in [0.2, 0.25) is 5.02 Å². The fourth-order valence-electron chi connectivity index (χ4n) is 2.58. The van der Waals surface area contributed by atoms with Gasteiger partial charge in [-0.15, -0.1) is 4.73 Å². The van der Waals surface area contributed by atoms with Crippen LogP contribution >= 0.6 is 11.6 Å². The van der Waals surface area contributed by atoms with Gasteiger partial charge in [0, 0.05) is 17.0 Å². The number of hydrogen-bond acceptors (Lipinski definition) is 2. The van der Waals surface area contributed by atoms with Gasteiger partial charge in [0.15, 0.2) is 6.20 Å². The predicted molar refractivity (Wildman–Crippen MR) is 91.6 cm³/mol. The Morgan fingerprint density at radius 1 is 1.00 bits per heavy atom. The van der Waals surface area contributed by atoms with E-state index in [1.807, 2.05) is 60.7 Å². The fourth-order valence-corrected chi connectivity index (χ4v) is 2.70. The molecule has 0 spiro atoms. The highest BCUT2D eigenvalue weighted by Crippen LogP contribution is 2.26. The molecular formula is C19H16ClNO2. The van der Waals surface area contributed by atoms with Gasteiger partial charge in [-0.2, -0.15) is 0 Å². The molecule has 1 heterocycles. The lowest BCUT2D eigenvalue weighted by Gasteiger charge is -2.11. The second-order valence-corrected chi connectivity index (χ2v) is 5.69. The summed E-state index contributed by atoms with van der Waals surface area (Å²) in [6.45, 7) is 0. The van der Waals surface area contributed by atoms with Gasteiger partial charge in [0.1, 0.15) is 0 Å². The third-order valence-corrected chi connectivity index (χ3v) is 3.92. The molecule has 0 saturated carbocycles. The Labute approximate surface area is 140 Å². The zero-order chi connectivity index (χ0) is 16.2. The molecule has 3 nitrogen and oxygen atoms in total. The summed E-state index contributed by atoms with van der Waals surface area (Å²) in [7, 11) is 1.51. The molecule has 0 aliphatic heterocycles. The highest BCUT2D eigenvalue weighted by molar-refractivity contribution is 6.30. The molecule has 0 N–H and O–H groups in total. The summed E-state index contributed by atoms with van der Waals surface area (Å²) in [5.74, 6) is 0.326. The third kappa shape index (κ3) is 3.46. The quantitative estimate of drug-likeness (QED) is 0.531. The van der Waals surface area contributed by atoms with E-state index < -0.39 is 0 Å². The number of hydrogen-bond donors (Lipinski definition) is 0. The van der Waals surface area contributed by atoms with Crippen molar-refractivity contribution in [3.63, 3.8) is 0 Å². The minimum Gasteiger partial charge on any atom is -0.616 e. The maximum atomic E-state index is 12.3. The zero-order valence-corrected chi connectivity index (χ0v) is 13.5. The van der Waals surface area contributed by atoms with E-state index in [0.29, 0.717) is 17.3 Å². The topological polar surface area (TPSA) is 36.2 Å². The SMILES string of the molecule is COc1c(Cc2ccccc2)cc(-c2ccc(Cl)cc2)c[n+]1[O-]. The molecule has 3 aromatic rings. The highest BCUT2D eigenvalue weighted by Gasteiger charge is 2.17. The first-order chi connectivity index (χ1) is 11.2. The standard InChI is InChI=1S/C19H16ClNO2/c1-23-19-16(11-14-5-3-2-4-6-14)12-17(13-21(19)22)15-7-9-18(20)10-8-15/h2-10,12-13H,11H2,1H3. The van der Waals surface area contributed by atoms with Crippen molar-refractivity contribution in [2.45, 2.75) is 6.42 Å². The molecule has 1 aromatic heterocycles. The van der Waals surface area contributed by atoms with Gasteiger partial charge in [0.25, 0.3) is 0 Å². The molecule has 3 rings (SSSR count). The van der Waals surface area contributed by atoms with E-state index >= 15 is 0 Å².